The molecule has 4 aromatic heterocycles. The van der Waals surface area contributed by atoms with Crippen LogP contribution in [0.5, 0.6) is 23.0 Å². The number of hydrogen-bond donors (Lipinski definition) is 5. The van der Waals surface area contributed by atoms with Crippen molar-refractivity contribution in [1.82, 2.24) is 60.0 Å². The van der Waals surface area contributed by atoms with Gasteiger partial charge < -0.3 is 47.0 Å². The van der Waals surface area contributed by atoms with Crippen molar-refractivity contribution >= 4 is 5.97 Å². The molecule has 490 valence electrons. The normalized spacial score (nSPS) is 13.0. The minimum atomic E-state index is -5.08. The zero-order valence-corrected chi connectivity index (χ0v) is 54.5. The predicted octanol–water partition coefficient (Wildman–Crippen LogP) is 8.70. The standard InChI is InChI=1S/C64H88N16O4.C2HF3O2/c1-61(2,3)49-25-41-21-43-27-50(62(4,5)6)29-45(58(43)82-38-54-34-78(18-14-66)74-70-54)23-47-31-52(64(10,11)12)32-48(60(47)84-40-56-36-80(20-16-68)76-72-56)24-46-30-51(63(7,8)9)28-44(59(46)83-39-55-35-79(19-15-67)75-71-55)22-42(26-49)57(41)81-37-53-33-77(17-13-65)73-69-53;3-2(4,5)1(6)7/h25-36H,13-24,37-40,65-68H2,1-12H3;(H,6,7). The fourth-order valence-corrected chi connectivity index (χ4v) is 10.5. The summed E-state index contributed by atoms with van der Waals surface area (Å²) in [6.07, 6.45) is 4.32. The van der Waals surface area contributed by atoms with Gasteiger partial charge in [0.2, 0.25) is 0 Å². The van der Waals surface area contributed by atoms with Crippen LogP contribution in [0.3, 0.4) is 0 Å². The van der Waals surface area contributed by atoms with Gasteiger partial charge in [-0.05, 0) is 88.4 Å². The first-order valence-corrected chi connectivity index (χ1v) is 30.7. The van der Waals surface area contributed by atoms with Crippen LogP contribution in [0.2, 0.25) is 0 Å². The molecular weight excluding hydrogens is 1170 g/mol. The zero-order valence-electron chi connectivity index (χ0n) is 54.5. The second-order valence-electron chi connectivity index (χ2n) is 27.2. The van der Waals surface area contributed by atoms with Crippen LogP contribution in [0.25, 0.3) is 0 Å². The Morgan fingerprint density at radius 3 is 0.714 bits per heavy atom. The molecule has 0 aliphatic heterocycles. The lowest BCUT2D eigenvalue weighted by molar-refractivity contribution is -0.192. The van der Waals surface area contributed by atoms with Gasteiger partial charge in [0.15, 0.2) is 0 Å². The van der Waals surface area contributed by atoms with E-state index in [1.807, 2.05) is 24.8 Å². The highest BCUT2D eigenvalue weighted by atomic mass is 19.4. The minimum Gasteiger partial charge on any atom is -0.487 e. The van der Waals surface area contributed by atoms with Crippen LogP contribution in [0.4, 0.5) is 13.2 Å². The zero-order chi connectivity index (χ0) is 66.2. The summed E-state index contributed by atoms with van der Waals surface area (Å²) in [6.45, 7) is 31.6. The molecule has 9 N–H and O–H groups in total. The summed E-state index contributed by atoms with van der Waals surface area (Å²) in [5.74, 6) is 0.241. The molecule has 4 heterocycles. The summed E-state index contributed by atoms with van der Waals surface area (Å²) in [6, 6.07) is 18.5. The van der Waals surface area contributed by atoms with E-state index in [1.165, 1.54) is 0 Å². The van der Waals surface area contributed by atoms with Crippen LogP contribution >= 0.6 is 0 Å². The van der Waals surface area contributed by atoms with Gasteiger partial charge in [0.1, 0.15) is 72.2 Å². The number of halogens is 3. The molecular formula is C66H89F3N16O6. The number of alkyl halides is 3. The van der Waals surface area contributed by atoms with E-state index >= 15 is 0 Å². The van der Waals surface area contributed by atoms with E-state index in [1.54, 1.807) is 18.7 Å². The van der Waals surface area contributed by atoms with Gasteiger partial charge in [0.05, 0.1) is 51.0 Å². The van der Waals surface area contributed by atoms with Crippen LogP contribution in [-0.2, 0) is 105 Å². The van der Waals surface area contributed by atoms with Gasteiger partial charge in [-0.15, -0.1) is 20.4 Å². The number of hydrogen-bond acceptors (Lipinski definition) is 17. The molecule has 0 fully saturated rings. The average molecular weight is 1260 g/mol. The number of nitrogens with two attached hydrogens (primary N) is 4. The first-order chi connectivity index (χ1) is 42.8. The van der Waals surface area contributed by atoms with E-state index in [-0.39, 0.29) is 48.1 Å². The fraction of sp³-hybridized carbons (Fsp3) is 0.500. The van der Waals surface area contributed by atoms with Crippen molar-refractivity contribution in [2.45, 2.75) is 189 Å². The third kappa shape index (κ3) is 18.0. The van der Waals surface area contributed by atoms with Gasteiger partial charge in [-0.2, -0.15) is 13.2 Å². The maximum absolute atomic E-state index is 10.6. The number of nitrogens with zero attached hydrogens (tertiary/aromatic N) is 12. The first kappa shape index (κ1) is 68.6. The number of carboxylic acids is 1. The molecule has 1 aliphatic carbocycles. The minimum absolute atomic E-state index is 0.167. The van der Waals surface area contributed by atoms with E-state index in [0.717, 1.165) is 89.8 Å². The monoisotopic (exact) mass is 1260 g/mol. The number of aliphatic carboxylic acids is 1. The quantitative estimate of drug-likeness (QED) is 0.0476. The second-order valence-corrected chi connectivity index (χ2v) is 27.2. The SMILES string of the molecule is CC(C)(C)c1cc2c(OCc3cn(CCN)nn3)c(c1)Cc1cc(C(C)(C)C)cc(c1OCc1cn(CCN)nn1)Cc1cc(C(C)(C)C)cc(c1OCc1cn(CCN)nn1)Cc1cc(C(C)(C)C)cc(c1OCc1cn(CCN)nn1)C2.O=C(O)C(F)(F)F. The molecule has 8 aromatic rings. The largest absolute Gasteiger partial charge is 0.490 e. The maximum atomic E-state index is 10.6. The van der Waals surface area contributed by atoms with Gasteiger partial charge in [0, 0.05) is 51.9 Å². The van der Waals surface area contributed by atoms with Crippen molar-refractivity contribution < 1.29 is 42.0 Å². The molecule has 91 heavy (non-hydrogen) atoms. The van der Waals surface area contributed by atoms with Crippen molar-refractivity contribution in [3.63, 3.8) is 0 Å². The van der Waals surface area contributed by atoms with Crippen LogP contribution in [-0.4, -0.2) is 103 Å². The Morgan fingerprint density at radius 2 is 0.571 bits per heavy atom. The van der Waals surface area contributed by atoms with Crippen LogP contribution in [0, 0.1) is 0 Å². The smallest absolute Gasteiger partial charge is 0.487 e. The Morgan fingerprint density at radius 1 is 0.396 bits per heavy atom. The molecule has 8 bridgehead atoms. The fourth-order valence-electron chi connectivity index (χ4n) is 10.5. The lowest BCUT2D eigenvalue weighted by atomic mass is 9.79. The Kier molecular flexibility index (Phi) is 21.5. The third-order valence-corrected chi connectivity index (χ3v) is 15.4. The number of aromatic nitrogens is 12. The predicted molar refractivity (Wildman–Crippen MR) is 339 cm³/mol. The highest BCUT2D eigenvalue weighted by Gasteiger charge is 2.38. The Bertz CT molecular complexity index is 3230. The van der Waals surface area contributed by atoms with E-state index in [0.29, 0.717) is 101 Å². The molecule has 0 unspecified atom stereocenters. The van der Waals surface area contributed by atoms with Gasteiger partial charge in [-0.1, -0.05) is 152 Å². The molecule has 0 saturated carbocycles. The highest BCUT2D eigenvalue weighted by Crippen LogP contribution is 2.45. The van der Waals surface area contributed by atoms with Crippen molar-refractivity contribution in [1.29, 1.82) is 0 Å². The Labute approximate surface area is 530 Å². The lowest BCUT2D eigenvalue weighted by Gasteiger charge is -2.29. The Balaban J connectivity index is 0.00000144. The summed E-state index contributed by atoms with van der Waals surface area (Å²) < 4.78 is 67.7. The molecule has 1 aliphatic rings. The van der Waals surface area contributed by atoms with Crippen LogP contribution in [0.15, 0.2) is 73.3 Å². The molecule has 0 atom stereocenters. The average Bonchev–Trinajstić information content (AvgIpc) is 1.24. The molecule has 22 nitrogen and oxygen atoms in total. The van der Waals surface area contributed by atoms with Crippen molar-refractivity contribution in [3.05, 3.63) is 163 Å². The topological polar surface area (TPSA) is 301 Å². The van der Waals surface area contributed by atoms with Gasteiger partial charge in [-0.25, -0.2) is 4.79 Å². The summed E-state index contributed by atoms with van der Waals surface area (Å²) in [4.78, 5) is 8.90. The molecule has 0 spiro atoms. The second kappa shape index (κ2) is 28.5. The molecule has 0 saturated heterocycles. The van der Waals surface area contributed by atoms with Crippen molar-refractivity contribution in [2.24, 2.45) is 22.9 Å². The molecule has 0 amide bonds. The maximum Gasteiger partial charge on any atom is 0.490 e. The van der Waals surface area contributed by atoms with E-state index in [2.05, 4.69) is 173 Å². The number of fused-ring (bicyclic) bond motifs is 8. The summed E-state index contributed by atoms with van der Waals surface area (Å²) >= 11 is 0. The van der Waals surface area contributed by atoms with E-state index < -0.39 is 12.1 Å². The van der Waals surface area contributed by atoms with Crippen molar-refractivity contribution in [2.75, 3.05) is 26.2 Å². The number of carbonyl (C=O) groups is 1. The molecule has 9 rings (SSSR count). The van der Waals surface area contributed by atoms with E-state index in [9.17, 15) is 13.2 Å². The first-order valence-electron chi connectivity index (χ1n) is 30.7. The number of benzene rings is 4. The lowest BCUT2D eigenvalue weighted by Crippen LogP contribution is -2.21. The summed E-state index contributed by atoms with van der Waals surface area (Å²) in [5, 5.41) is 42.9. The van der Waals surface area contributed by atoms with E-state index in [4.69, 9.17) is 51.8 Å². The summed E-state index contributed by atoms with van der Waals surface area (Å²) in [5.41, 5.74) is 38.1. The van der Waals surface area contributed by atoms with Gasteiger partial charge in [-0.3, -0.25) is 18.7 Å². The van der Waals surface area contributed by atoms with Crippen LogP contribution < -0.4 is 41.9 Å². The number of rotatable bonds is 20. The van der Waals surface area contributed by atoms with Gasteiger partial charge in [0.25, 0.3) is 0 Å². The molecule has 25 heteroatoms. The van der Waals surface area contributed by atoms with Crippen LogP contribution in [0.1, 0.15) is 173 Å². The number of ether oxygens (including phenoxy) is 4. The Hall–Kier alpha value is -8.26. The van der Waals surface area contributed by atoms with Gasteiger partial charge >= 0.3 is 12.1 Å². The third-order valence-electron chi connectivity index (χ3n) is 15.4. The number of carboxylic acid groups (broad SMARTS) is 1. The molecule has 0 radical (unpaired) electrons. The van der Waals surface area contributed by atoms with Crippen molar-refractivity contribution in [3.8, 4) is 23.0 Å². The summed E-state index contributed by atoms with van der Waals surface area (Å²) in [7, 11) is 0. The molecule has 4 aromatic carbocycles. The highest BCUT2D eigenvalue weighted by molar-refractivity contribution is 5.73.